The van der Waals surface area contributed by atoms with Crippen LogP contribution in [0.5, 0.6) is 0 Å². The van der Waals surface area contributed by atoms with Crippen molar-refractivity contribution >= 4 is 18.3 Å². The molecule has 0 fully saturated rings. The van der Waals surface area contributed by atoms with Crippen LogP contribution in [0.15, 0.2) is 30.3 Å². The van der Waals surface area contributed by atoms with E-state index in [2.05, 4.69) is 24.4 Å². The first-order chi connectivity index (χ1) is 9.19. The van der Waals surface area contributed by atoms with Crippen molar-refractivity contribution in [1.29, 1.82) is 0 Å². The van der Waals surface area contributed by atoms with E-state index in [4.69, 9.17) is 10.5 Å². The van der Waals surface area contributed by atoms with Crippen LogP contribution in [0.25, 0.3) is 0 Å². The van der Waals surface area contributed by atoms with E-state index < -0.39 is 0 Å². The van der Waals surface area contributed by atoms with E-state index in [1.165, 1.54) is 5.56 Å². The van der Waals surface area contributed by atoms with Gasteiger partial charge in [-0.3, -0.25) is 4.79 Å². The lowest BCUT2D eigenvalue weighted by Crippen LogP contribution is -2.39. The molecule has 5 heteroatoms. The third-order valence-electron chi connectivity index (χ3n) is 3.19. The number of hydrogen-bond acceptors (Lipinski definition) is 3. The maximum atomic E-state index is 11.9. The van der Waals surface area contributed by atoms with Gasteiger partial charge in [0, 0.05) is 19.7 Å². The number of nitrogens with one attached hydrogen (secondary N) is 1. The van der Waals surface area contributed by atoms with Crippen molar-refractivity contribution in [1.82, 2.24) is 5.32 Å². The van der Waals surface area contributed by atoms with E-state index in [-0.39, 0.29) is 30.5 Å². The van der Waals surface area contributed by atoms with Gasteiger partial charge in [-0.2, -0.15) is 0 Å². The number of carbonyl (C=O) groups excluding carboxylic acids is 1. The molecule has 0 aromatic heterocycles. The molecule has 0 saturated heterocycles. The Labute approximate surface area is 127 Å². The first-order valence-electron chi connectivity index (χ1n) is 6.75. The average molecular weight is 301 g/mol. The Morgan fingerprint density at radius 1 is 1.35 bits per heavy atom. The van der Waals surface area contributed by atoms with Gasteiger partial charge in [0.1, 0.15) is 0 Å². The van der Waals surface area contributed by atoms with Crippen LogP contribution < -0.4 is 11.1 Å². The highest BCUT2D eigenvalue weighted by Gasteiger charge is 2.15. The first kappa shape index (κ1) is 18.9. The molecule has 0 aliphatic carbocycles. The van der Waals surface area contributed by atoms with Gasteiger partial charge in [0.2, 0.25) is 5.91 Å². The number of methoxy groups -OCH3 is 1. The fourth-order valence-electron chi connectivity index (χ4n) is 1.95. The maximum Gasteiger partial charge on any atom is 0.222 e. The van der Waals surface area contributed by atoms with Gasteiger partial charge in [0.25, 0.3) is 0 Å². The number of hydrogen-bond donors (Lipinski definition) is 2. The molecule has 1 aromatic rings. The van der Waals surface area contributed by atoms with Crippen molar-refractivity contribution < 1.29 is 9.53 Å². The Morgan fingerprint density at radius 3 is 2.50 bits per heavy atom. The van der Waals surface area contributed by atoms with Gasteiger partial charge in [-0.25, -0.2) is 0 Å². The van der Waals surface area contributed by atoms with Gasteiger partial charge in [-0.15, -0.1) is 12.4 Å². The van der Waals surface area contributed by atoms with Crippen LogP contribution in [0.1, 0.15) is 25.3 Å². The summed E-state index contributed by atoms with van der Waals surface area (Å²) in [6, 6.07) is 10.3. The van der Waals surface area contributed by atoms with Gasteiger partial charge < -0.3 is 15.8 Å². The number of rotatable bonds is 8. The van der Waals surface area contributed by atoms with Gasteiger partial charge in [-0.1, -0.05) is 37.3 Å². The molecule has 1 amide bonds. The molecule has 2 atom stereocenters. The molecule has 0 bridgehead atoms. The molecule has 3 N–H and O–H groups in total. The monoisotopic (exact) mass is 300 g/mol. The summed E-state index contributed by atoms with van der Waals surface area (Å²) in [5, 5.41) is 3.04. The molecule has 114 valence electrons. The van der Waals surface area contributed by atoms with Crippen LogP contribution >= 0.6 is 12.4 Å². The quantitative estimate of drug-likeness (QED) is 0.771. The number of amides is 1. The largest absolute Gasteiger partial charge is 0.380 e. The topological polar surface area (TPSA) is 64.4 Å². The summed E-state index contributed by atoms with van der Waals surface area (Å²) in [7, 11) is 1.58. The highest BCUT2D eigenvalue weighted by molar-refractivity contribution is 5.85. The number of ether oxygens (including phenoxy) is 1. The smallest absolute Gasteiger partial charge is 0.222 e. The van der Waals surface area contributed by atoms with Gasteiger partial charge in [0.05, 0.1) is 12.5 Å². The summed E-state index contributed by atoms with van der Waals surface area (Å²) in [5.74, 6) is 0.0000751. The summed E-state index contributed by atoms with van der Waals surface area (Å²) in [6.07, 6.45) is 1.87. The predicted octanol–water partition coefficient (Wildman–Crippen LogP) is 1.91. The van der Waals surface area contributed by atoms with Crippen molar-refractivity contribution in [3.63, 3.8) is 0 Å². The Balaban J connectivity index is 0.00000361. The lowest BCUT2D eigenvalue weighted by atomic mass is 10.0. The molecule has 0 spiro atoms. The molecular formula is C15H25ClN2O2. The third-order valence-corrected chi connectivity index (χ3v) is 3.19. The Bertz CT molecular complexity index is 369. The lowest BCUT2D eigenvalue weighted by Gasteiger charge is -2.19. The SMILES string of the molecule is CCC(Cc1ccccc1)NC(=O)CC(CN)OC.Cl. The predicted molar refractivity (Wildman–Crippen MR) is 84.1 cm³/mol. The number of carbonyl (C=O) groups is 1. The summed E-state index contributed by atoms with van der Waals surface area (Å²) in [5.41, 5.74) is 6.75. The molecule has 1 aromatic carbocycles. The van der Waals surface area contributed by atoms with Gasteiger partial charge in [0.15, 0.2) is 0 Å². The molecule has 4 nitrogen and oxygen atoms in total. The summed E-state index contributed by atoms with van der Waals surface area (Å²) >= 11 is 0. The third kappa shape index (κ3) is 6.89. The fraction of sp³-hybridized carbons (Fsp3) is 0.533. The van der Waals surface area contributed by atoms with E-state index in [0.717, 1.165) is 12.8 Å². The number of halogens is 1. The lowest BCUT2D eigenvalue weighted by molar-refractivity contribution is -0.124. The van der Waals surface area contributed by atoms with Crippen LogP contribution in [0.4, 0.5) is 0 Å². The molecular weight excluding hydrogens is 276 g/mol. The minimum Gasteiger partial charge on any atom is -0.380 e. The molecule has 0 radical (unpaired) electrons. The normalized spacial score (nSPS) is 13.2. The molecule has 20 heavy (non-hydrogen) atoms. The van der Waals surface area contributed by atoms with E-state index in [1.54, 1.807) is 7.11 Å². The van der Waals surface area contributed by atoms with Crippen LogP contribution in [0.3, 0.4) is 0 Å². The van der Waals surface area contributed by atoms with Crippen molar-refractivity contribution in [2.45, 2.75) is 38.3 Å². The van der Waals surface area contributed by atoms with Crippen molar-refractivity contribution in [3.8, 4) is 0 Å². The molecule has 2 unspecified atom stereocenters. The zero-order valence-corrected chi connectivity index (χ0v) is 13.0. The van der Waals surface area contributed by atoms with Crippen LogP contribution in [0, 0.1) is 0 Å². The zero-order valence-electron chi connectivity index (χ0n) is 12.2. The minimum atomic E-state index is -0.200. The van der Waals surface area contributed by atoms with Gasteiger partial charge in [-0.05, 0) is 18.4 Å². The highest BCUT2D eigenvalue weighted by atomic mass is 35.5. The van der Waals surface area contributed by atoms with Crippen LogP contribution in [-0.2, 0) is 16.0 Å². The average Bonchev–Trinajstić information content (AvgIpc) is 2.45. The standard InChI is InChI=1S/C15H24N2O2.ClH/c1-3-13(9-12-7-5-4-6-8-12)17-15(18)10-14(11-16)19-2;/h4-8,13-14H,3,9-11,16H2,1-2H3,(H,17,18);1H. The van der Waals surface area contributed by atoms with E-state index in [1.807, 2.05) is 18.2 Å². The van der Waals surface area contributed by atoms with Crippen LogP contribution in [0.2, 0.25) is 0 Å². The maximum absolute atomic E-state index is 11.9. The first-order valence-corrected chi connectivity index (χ1v) is 6.75. The van der Waals surface area contributed by atoms with Crippen molar-refractivity contribution in [3.05, 3.63) is 35.9 Å². The summed E-state index contributed by atoms with van der Waals surface area (Å²) in [6.45, 7) is 2.43. The molecule has 1 rings (SSSR count). The van der Waals surface area contributed by atoms with Crippen molar-refractivity contribution in [2.24, 2.45) is 5.73 Å². The number of benzene rings is 1. The molecule has 0 aliphatic rings. The zero-order chi connectivity index (χ0) is 14.1. The van der Waals surface area contributed by atoms with Crippen LogP contribution in [-0.4, -0.2) is 31.7 Å². The fourth-order valence-corrected chi connectivity index (χ4v) is 1.95. The summed E-state index contributed by atoms with van der Waals surface area (Å²) in [4.78, 5) is 11.9. The Hall–Kier alpha value is -1.10. The minimum absolute atomic E-state index is 0. The van der Waals surface area contributed by atoms with E-state index in [9.17, 15) is 4.79 Å². The second-order valence-electron chi connectivity index (χ2n) is 4.66. The van der Waals surface area contributed by atoms with E-state index >= 15 is 0 Å². The second-order valence-corrected chi connectivity index (χ2v) is 4.66. The second kappa shape index (κ2) is 10.7. The molecule has 0 aliphatic heterocycles. The Morgan fingerprint density at radius 2 is 2.00 bits per heavy atom. The molecule has 0 heterocycles. The number of nitrogens with two attached hydrogens (primary N) is 1. The summed E-state index contributed by atoms with van der Waals surface area (Å²) < 4.78 is 5.12. The van der Waals surface area contributed by atoms with E-state index in [0.29, 0.717) is 13.0 Å². The van der Waals surface area contributed by atoms with Crippen molar-refractivity contribution in [2.75, 3.05) is 13.7 Å². The Kier molecular flexibility index (Phi) is 10.1. The van der Waals surface area contributed by atoms with Gasteiger partial charge >= 0.3 is 0 Å². The highest BCUT2D eigenvalue weighted by Crippen LogP contribution is 2.06. The molecule has 0 saturated carbocycles.